The van der Waals surface area contributed by atoms with Crippen LogP contribution in [-0.2, 0) is 6.54 Å². The van der Waals surface area contributed by atoms with Crippen molar-refractivity contribution in [1.29, 1.82) is 0 Å². The molecule has 0 aromatic carbocycles. The second kappa shape index (κ2) is 4.18. The largest absolute Gasteiger partial charge is 0.508 e. The van der Waals surface area contributed by atoms with Crippen molar-refractivity contribution in [2.45, 2.75) is 13.5 Å². The quantitative estimate of drug-likeness (QED) is 0.823. The molecule has 2 aromatic rings. The van der Waals surface area contributed by atoms with E-state index in [-0.39, 0.29) is 11.3 Å². The number of aromatic nitrogens is 2. The molecule has 0 atom stereocenters. The smallest absolute Gasteiger partial charge is 0.254 e. The highest BCUT2D eigenvalue weighted by Gasteiger charge is 2.03. The van der Waals surface area contributed by atoms with Crippen LogP contribution in [0, 0.1) is 6.92 Å². The lowest BCUT2D eigenvalue weighted by atomic mass is 10.2. The zero-order chi connectivity index (χ0) is 11.5. The second-order valence-electron chi connectivity index (χ2n) is 3.63. The molecule has 2 heterocycles. The van der Waals surface area contributed by atoms with Crippen molar-refractivity contribution in [3.05, 3.63) is 58.3 Å². The first-order chi connectivity index (χ1) is 7.66. The summed E-state index contributed by atoms with van der Waals surface area (Å²) in [5.74, 6) is 0.00785. The molecule has 0 radical (unpaired) electrons. The molecule has 0 amide bonds. The van der Waals surface area contributed by atoms with E-state index in [4.69, 9.17) is 0 Å². The average Bonchev–Trinajstić information content (AvgIpc) is 2.25. The first-order valence-corrected chi connectivity index (χ1v) is 4.96. The zero-order valence-corrected chi connectivity index (χ0v) is 8.92. The molecule has 2 rings (SSSR count). The van der Waals surface area contributed by atoms with Gasteiger partial charge in [0.2, 0.25) is 0 Å². The van der Waals surface area contributed by atoms with Gasteiger partial charge in [-0.3, -0.25) is 9.78 Å². The maximum atomic E-state index is 11.7. The van der Waals surface area contributed by atoms with E-state index in [0.717, 1.165) is 11.3 Å². The Balaban J connectivity index is 2.39. The lowest BCUT2D eigenvalue weighted by Gasteiger charge is -2.09. The van der Waals surface area contributed by atoms with Crippen LogP contribution in [0.2, 0.25) is 0 Å². The maximum absolute atomic E-state index is 11.7. The molecule has 1 N–H and O–H groups in total. The van der Waals surface area contributed by atoms with E-state index >= 15 is 0 Å². The monoisotopic (exact) mass is 216 g/mol. The number of rotatable bonds is 2. The minimum Gasteiger partial charge on any atom is -0.508 e. The molecular formula is C12H12N2O2. The summed E-state index contributed by atoms with van der Waals surface area (Å²) in [5.41, 5.74) is 1.54. The van der Waals surface area contributed by atoms with Crippen LogP contribution < -0.4 is 5.56 Å². The predicted molar refractivity (Wildman–Crippen MR) is 60.4 cm³/mol. The van der Waals surface area contributed by atoms with E-state index in [2.05, 4.69) is 4.98 Å². The fourth-order valence-corrected chi connectivity index (χ4v) is 1.59. The van der Waals surface area contributed by atoms with Gasteiger partial charge < -0.3 is 9.67 Å². The molecule has 0 saturated heterocycles. The van der Waals surface area contributed by atoms with Crippen LogP contribution in [0.25, 0.3) is 0 Å². The molecule has 0 aliphatic rings. The van der Waals surface area contributed by atoms with Gasteiger partial charge in [-0.1, -0.05) is 0 Å². The Labute approximate surface area is 92.8 Å². The highest BCUT2D eigenvalue weighted by atomic mass is 16.3. The van der Waals surface area contributed by atoms with Crippen molar-refractivity contribution in [2.24, 2.45) is 0 Å². The fraction of sp³-hybridized carbons (Fsp3) is 0.167. The van der Waals surface area contributed by atoms with Gasteiger partial charge in [0.25, 0.3) is 5.56 Å². The first kappa shape index (κ1) is 10.4. The van der Waals surface area contributed by atoms with E-state index in [1.165, 1.54) is 6.07 Å². The van der Waals surface area contributed by atoms with E-state index in [1.807, 2.05) is 12.1 Å². The van der Waals surface area contributed by atoms with Crippen molar-refractivity contribution in [1.82, 2.24) is 9.55 Å². The van der Waals surface area contributed by atoms with Crippen LogP contribution in [0.15, 0.2) is 41.5 Å². The minimum absolute atomic E-state index is 0.00785. The highest BCUT2D eigenvalue weighted by Crippen LogP contribution is 2.08. The number of pyridine rings is 2. The number of hydrogen-bond donors (Lipinski definition) is 1. The van der Waals surface area contributed by atoms with Crippen LogP contribution in [0.3, 0.4) is 0 Å². The zero-order valence-electron chi connectivity index (χ0n) is 8.92. The third-order valence-electron chi connectivity index (χ3n) is 2.41. The molecule has 0 saturated carbocycles. The van der Waals surface area contributed by atoms with Crippen molar-refractivity contribution in [3.63, 3.8) is 0 Å². The molecular weight excluding hydrogens is 204 g/mol. The number of nitrogens with zero attached hydrogens (tertiary/aromatic N) is 2. The molecule has 0 spiro atoms. The normalized spacial score (nSPS) is 10.3. The Bertz CT molecular complexity index is 547. The highest BCUT2D eigenvalue weighted by molar-refractivity contribution is 5.22. The summed E-state index contributed by atoms with van der Waals surface area (Å²) in [6.07, 6.45) is 3.38. The minimum atomic E-state index is -0.200. The molecule has 4 nitrogen and oxygen atoms in total. The Hall–Kier alpha value is -2.10. The topological polar surface area (TPSA) is 55.1 Å². The Morgan fingerprint density at radius 3 is 2.62 bits per heavy atom. The second-order valence-corrected chi connectivity index (χ2v) is 3.63. The lowest BCUT2D eigenvalue weighted by Crippen LogP contribution is -2.21. The van der Waals surface area contributed by atoms with Gasteiger partial charge in [0.05, 0.1) is 6.54 Å². The molecule has 0 bridgehead atoms. The Kier molecular flexibility index (Phi) is 2.72. The summed E-state index contributed by atoms with van der Waals surface area (Å²) in [5, 5.41) is 9.26. The summed E-state index contributed by atoms with van der Waals surface area (Å²) in [6.45, 7) is 2.29. The molecule has 0 aliphatic carbocycles. The van der Waals surface area contributed by atoms with Crippen LogP contribution in [0.5, 0.6) is 5.75 Å². The van der Waals surface area contributed by atoms with Gasteiger partial charge >= 0.3 is 0 Å². The van der Waals surface area contributed by atoms with E-state index < -0.39 is 0 Å². The van der Waals surface area contributed by atoms with E-state index in [1.54, 1.807) is 30.0 Å². The Morgan fingerprint density at radius 2 is 2.00 bits per heavy atom. The molecule has 0 fully saturated rings. The van der Waals surface area contributed by atoms with Crippen molar-refractivity contribution < 1.29 is 5.11 Å². The van der Waals surface area contributed by atoms with E-state index in [0.29, 0.717) is 6.54 Å². The van der Waals surface area contributed by atoms with Gasteiger partial charge in [-0.25, -0.2) is 0 Å². The summed E-state index contributed by atoms with van der Waals surface area (Å²) in [7, 11) is 0. The van der Waals surface area contributed by atoms with Crippen LogP contribution in [-0.4, -0.2) is 14.7 Å². The van der Waals surface area contributed by atoms with Gasteiger partial charge in [0.15, 0.2) is 0 Å². The fourth-order valence-electron chi connectivity index (χ4n) is 1.59. The molecule has 4 heteroatoms. The van der Waals surface area contributed by atoms with Crippen molar-refractivity contribution >= 4 is 0 Å². The predicted octanol–water partition coefficient (Wildman–Crippen LogP) is 1.31. The van der Waals surface area contributed by atoms with Crippen LogP contribution in [0.4, 0.5) is 0 Å². The van der Waals surface area contributed by atoms with Crippen molar-refractivity contribution in [3.8, 4) is 5.75 Å². The summed E-state index contributed by atoms with van der Waals surface area (Å²) in [4.78, 5) is 15.6. The van der Waals surface area contributed by atoms with Crippen molar-refractivity contribution in [2.75, 3.05) is 0 Å². The van der Waals surface area contributed by atoms with E-state index in [9.17, 15) is 9.90 Å². The molecule has 16 heavy (non-hydrogen) atoms. The molecule has 2 aromatic heterocycles. The number of hydrogen-bond acceptors (Lipinski definition) is 3. The number of aromatic hydroxyl groups is 1. The van der Waals surface area contributed by atoms with Gasteiger partial charge in [-0.05, 0) is 30.7 Å². The van der Waals surface area contributed by atoms with Gasteiger partial charge in [0.1, 0.15) is 5.75 Å². The standard InChI is InChI=1S/C12H12N2O2/c1-9-6-11(15)7-12(16)14(9)8-10-2-4-13-5-3-10/h2-7,15H,8H2,1H3. The maximum Gasteiger partial charge on any atom is 0.254 e. The first-order valence-electron chi connectivity index (χ1n) is 4.96. The molecule has 0 aliphatic heterocycles. The summed E-state index contributed by atoms with van der Waals surface area (Å²) < 4.78 is 1.61. The van der Waals surface area contributed by atoms with Gasteiger partial charge in [-0.15, -0.1) is 0 Å². The molecule has 0 unspecified atom stereocenters. The third kappa shape index (κ3) is 2.11. The number of aryl methyl sites for hydroxylation is 1. The third-order valence-corrected chi connectivity index (χ3v) is 2.41. The molecule has 82 valence electrons. The lowest BCUT2D eigenvalue weighted by molar-refractivity contribution is 0.470. The average molecular weight is 216 g/mol. The summed E-state index contributed by atoms with van der Waals surface area (Å²) in [6, 6.07) is 6.51. The van der Waals surface area contributed by atoms with Gasteiger partial charge in [0, 0.05) is 24.2 Å². The Morgan fingerprint density at radius 1 is 1.31 bits per heavy atom. The van der Waals surface area contributed by atoms with Crippen LogP contribution in [0.1, 0.15) is 11.3 Å². The van der Waals surface area contributed by atoms with Crippen LogP contribution >= 0.6 is 0 Å². The summed E-state index contributed by atoms with van der Waals surface area (Å²) >= 11 is 0. The van der Waals surface area contributed by atoms with Gasteiger partial charge in [-0.2, -0.15) is 0 Å². The SMILES string of the molecule is Cc1cc(O)cc(=O)n1Cc1ccncc1.